The van der Waals surface area contributed by atoms with Crippen LogP contribution in [0.5, 0.6) is 0 Å². The Morgan fingerprint density at radius 3 is 2.40 bits per heavy atom. The smallest absolute Gasteiger partial charge is 0.0636 e. The Kier molecular flexibility index (Phi) is 6.17. The van der Waals surface area contributed by atoms with Gasteiger partial charge in [0.25, 0.3) is 0 Å². The molecule has 62 valence electrons. The number of rotatable bonds is 5. The van der Waals surface area contributed by atoms with Crippen molar-refractivity contribution in [1.82, 2.24) is 5.32 Å². The van der Waals surface area contributed by atoms with Gasteiger partial charge in [-0.3, -0.25) is 0 Å². The van der Waals surface area contributed by atoms with E-state index >= 15 is 0 Å². The van der Waals surface area contributed by atoms with Gasteiger partial charge in [0.05, 0.1) is 6.10 Å². The summed E-state index contributed by atoms with van der Waals surface area (Å²) in [7, 11) is 0. The third-order valence-corrected chi connectivity index (χ3v) is 2.25. The third kappa shape index (κ3) is 6.39. The topological polar surface area (TPSA) is 32.3 Å². The lowest BCUT2D eigenvalue weighted by Gasteiger charge is -2.10. The molecule has 10 heavy (non-hydrogen) atoms. The summed E-state index contributed by atoms with van der Waals surface area (Å²) >= 11 is 1.83. The van der Waals surface area contributed by atoms with Crippen molar-refractivity contribution in [2.24, 2.45) is 0 Å². The molecule has 0 aliphatic heterocycles. The maximum Gasteiger partial charge on any atom is 0.0636 e. The lowest BCUT2D eigenvalue weighted by Crippen LogP contribution is -2.29. The first-order valence-electron chi connectivity index (χ1n) is 3.58. The van der Waals surface area contributed by atoms with Gasteiger partial charge in [0.2, 0.25) is 0 Å². The van der Waals surface area contributed by atoms with E-state index in [0.717, 1.165) is 6.54 Å². The zero-order chi connectivity index (χ0) is 7.98. The van der Waals surface area contributed by atoms with Gasteiger partial charge in [-0.2, -0.15) is 11.8 Å². The first-order chi connectivity index (χ1) is 4.66. The molecule has 0 aliphatic carbocycles. The van der Waals surface area contributed by atoms with Crippen molar-refractivity contribution in [1.29, 1.82) is 0 Å². The lowest BCUT2D eigenvalue weighted by molar-refractivity contribution is 0.192. The van der Waals surface area contributed by atoms with Crippen LogP contribution in [0.4, 0.5) is 0 Å². The van der Waals surface area contributed by atoms with Crippen molar-refractivity contribution in [2.45, 2.75) is 25.2 Å². The van der Waals surface area contributed by atoms with Crippen LogP contribution in [0.15, 0.2) is 0 Å². The van der Waals surface area contributed by atoms with E-state index < -0.39 is 0 Å². The van der Waals surface area contributed by atoms with Crippen molar-refractivity contribution < 1.29 is 5.11 Å². The van der Waals surface area contributed by atoms with Crippen molar-refractivity contribution in [2.75, 3.05) is 19.3 Å². The van der Waals surface area contributed by atoms with Crippen molar-refractivity contribution >= 4 is 11.8 Å². The summed E-state index contributed by atoms with van der Waals surface area (Å²) in [5.74, 6) is 0. The Balaban J connectivity index is 3.03. The molecule has 0 spiro atoms. The SMILES string of the molecule is CSC(C)CNC[C@@H](C)O. The first-order valence-corrected chi connectivity index (χ1v) is 4.87. The number of aliphatic hydroxyl groups excluding tert-OH is 1. The summed E-state index contributed by atoms with van der Waals surface area (Å²) in [4.78, 5) is 0. The molecule has 0 rings (SSSR count). The molecule has 0 saturated carbocycles. The molecule has 0 radical (unpaired) electrons. The monoisotopic (exact) mass is 163 g/mol. The van der Waals surface area contributed by atoms with Crippen molar-refractivity contribution in [3.05, 3.63) is 0 Å². The third-order valence-electron chi connectivity index (χ3n) is 1.27. The van der Waals surface area contributed by atoms with Gasteiger partial charge in [-0.05, 0) is 13.2 Å². The molecule has 0 aromatic rings. The molecule has 2 nitrogen and oxygen atoms in total. The fourth-order valence-corrected chi connectivity index (χ4v) is 0.863. The highest BCUT2D eigenvalue weighted by Crippen LogP contribution is 2.01. The largest absolute Gasteiger partial charge is 0.392 e. The summed E-state index contributed by atoms with van der Waals surface area (Å²) in [6, 6.07) is 0. The van der Waals surface area contributed by atoms with E-state index in [4.69, 9.17) is 5.11 Å². The van der Waals surface area contributed by atoms with Crippen LogP contribution in [0, 0.1) is 0 Å². The van der Waals surface area contributed by atoms with Crippen LogP contribution >= 0.6 is 11.8 Å². The second-order valence-corrected chi connectivity index (χ2v) is 3.83. The van der Waals surface area contributed by atoms with Gasteiger partial charge in [0, 0.05) is 18.3 Å². The Morgan fingerprint density at radius 1 is 1.40 bits per heavy atom. The van der Waals surface area contributed by atoms with Gasteiger partial charge < -0.3 is 10.4 Å². The zero-order valence-electron chi connectivity index (χ0n) is 6.92. The van der Waals surface area contributed by atoms with Crippen LogP contribution in [0.2, 0.25) is 0 Å². The second kappa shape index (κ2) is 6.01. The highest BCUT2D eigenvalue weighted by Gasteiger charge is 1.98. The summed E-state index contributed by atoms with van der Waals surface area (Å²) < 4.78 is 0. The van der Waals surface area contributed by atoms with Crippen LogP contribution < -0.4 is 5.32 Å². The van der Waals surface area contributed by atoms with E-state index in [1.54, 1.807) is 6.92 Å². The maximum atomic E-state index is 8.87. The average molecular weight is 163 g/mol. The van der Waals surface area contributed by atoms with Crippen LogP contribution in [-0.4, -0.2) is 35.8 Å². The predicted octanol–water partition coefficient (Wildman–Crippen LogP) is 0.708. The Morgan fingerprint density at radius 2 is 2.00 bits per heavy atom. The molecule has 0 amide bonds. The van der Waals surface area contributed by atoms with Gasteiger partial charge >= 0.3 is 0 Å². The quantitative estimate of drug-likeness (QED) is 0.626. The molecule has 1 unspecified atom stereocenters. The van der Waals surface area contributed by atoms with Gasteiger partial charge in [-0.15, -0.1) is 0 Å². The molecule has 2 N–H and O–H groups in total. The van der Waals surface area contributed by atoms with Crippen molar-refractivity contribution in [3.8, 4) is 0 Å². The van der Waals surface area contributed by atoms with Gasteiger partial charge in [-0.1, -0.05) is 6.92 Å². The molecule has 0 heterocycles. The molecule has 0 aromatic carbocycles. The molecule has 2 atom stereocenters. The Hall–Kier alpha value is 0.270. The van der Waals surface area contributed by atoms with Gasteiger partial charge in [-0.25, -0.2) is 0 Å². The van der Waals surface area contributed by atoms with Gasteiger partial charge in [0.1, 0.15) is 0 Å². The predicted molar refractivity (Wildman–Crippen MR) is 47.5 cm³/mol. The van der Waals surface area contributed by atoms with Crippen LogP contribution in [0.3, 0.4) is 0 Å². The van der Waals surface area contributed by atoms with E-state index in [9.17, 15) is 0 Å². The average Bonchev–Trinajstić information content (AvgIpc) is 1.87. The van der Waals surface area contributed by atoms with E-state index in [1.807, 2.05) is 11.8 Å². The standard InChI is InChI=1S/C7H17NOS/c1-6(9)4-8-5-7(2)10-3/h6-9H,4-5H2,1-3H3/t6-,7?/m1/s1. The second-order valence-electron chi connectivity index (χ2n) is 2.55. The zero-order valence-corrected chi connectivity index (χ0v) is 7.74. The first kappa shape index (κ1) is 10.3. The maximum absolute atomic E-state index is 8.87. The van der Waals surface area contributed by atoms with Crippen molar-refractivity contribution in [3.63, 3.8) is 0 Å². The molecule has 0 fully saturated rings. The number of thioether (sulfide) groups is 1. The van der Waals surface area contributed by atoms with E-state index in [1.165, 1.54) is 0 Å². The molecule has 0 aromatic heterocycles. The molecule has 0 saturated heterocycles. The lowest BCUT2D eigenvalue weighted by atomic mass is 10.4. The van der Waals surface area contributed by atoms with Crippen LogP contribution in [0.25, 0.3) is 0 Å². The van der Waals surface area contributed by atoms with E-state index in [0.29, 0.717) is 11.8 Å². The molecular weight excluding hydrogens is 146 g/mol. The number of hydrogen-bond acceptors (Lipinski definition) is 3. The highest BCUT2D eigenvalue weighted by molar-refractivity contribution is 7.99. The molecule has 3 heteroatoms. The van der Waals surface area contributed by atoms with Crippen LogP contribution in [-0.2, 0) is 0 Å². The minimum atomic E-state index is -0.228. The molecule has 0 aliphatic rings. The summed E-state index contributed by atoms with van der Waals surface area (Å²) in [5, 5.41) is 12.7. The summed E-state index contributed by atoms with van der Waals surface area (Å²) in [6.45, 7) is 5.63. The van der Waals surface area contributed by atoms with E-state index in [-0.39, 0.29) is 6.10 Å². The fourth-order valence-electron chi connectivity index (χ4n) is 0.579. The van der Waals surface area contributed by atoms with Crippen LogP contribution in [0.1, 0.15) is 13.8 Å². The number of hydrogen-bond donors (Lipinski definition) is 2. The Bertz CT molecular complexity index is 78.0. The minimum Gasteiger partial charge on any atom is -0.392 e. The van der Waals surface area contributed by atoms with E-state index in [2.05, 4.69) is 18.5 Å². The molecule has 0 bridgehead atoms. The molecular formula is C7H17NOS. The Labute approximate surface area is 67.4 Å². The summed E-state index contributed by atoms with van der Waals surface area (Å²) in [6.07, 6.45) is 1.86. The fraction of sp³-hybridized carbons (Fsp3) is 1.00. The van der Waals surface area contributed by atoms with Gasteiger partial charge in [0.15, 0.2) is 0 Å². The normalized spacial score (nSPS) is 16.8. The summed E-state index contributed by atoms with van der Waals surface area (Å²) in [5.41, 5.74) is 0. The number of aliphatic hydroxyl groups is 1. The number of nitrogens with one attached hydrogen (secondary N) is 1. The minimum absolute atomic E-state index is 0.228. The highest BCUT2D eigenvalue weighted by atomic mass is 32.2.